The number of para-hydroxylation sites is 1. The summed E-state index contributed by atoms with van der Waals surface area (Å²) in [5.74, 6) is 0.566. The van der Waals surface area contributed by atoms with Gasteiger partial charge in [0.1, 0.15) is 11.5 Å². The lowest BCUT2D eigenvalue weighted by atomic mass is 10.0. The van der Waals surface area contributed by atoms with Gasteiger partial charge in [-0.15, -0.1) is 0 Å². The van der Waals surface area contributed by atoms with Crippen molar-refractivity contribution in [3.63, 3.8) is 0 Å². The first kappa shape index (κ1) is 16.5. The average molecular weight is 330 g/mol. The Morgan fingerprint density at radius 1 is 0.880 bits per heavy atom. The highest BCUT2D eigenvalue weighted by atomic mass is 16.5. The van der Waals surface area contributed by atoms with E-state index in [0.29, 0.717) is 11.3 Å². The third-order valence-electron chi connectivity index (χ3n) is 3.83. The Labute approximate surface area is 146 Å². The highest BCUT2D eigenvalue weighted by Gasteiger charge is 2.10. The maximum Gasteiger partial charge on any atom is 0.336 e. The molecule has 0 aliphatic heterocycles. The molecule has 3 nitrogen and oxygen atoms in total. The van der Waals surface area contributed by atoms with Crippen molar-refractivity contribution >= 4 is 17.6 Å². The van der Waals surface area contributed by atoms with Gasteiger partial charge >= 0.3 is 5.97 Å². The molecule has 3 aromatic rings. The molecule has 0 amide bonds. The third-order valence-corrected chi connectivity index (χ3v) is 3.83. The Morgan fingerprint density at radius 3 is 2.16 bits per heavy atom. The van der Waals surface area contributed by atoms with Crippen LogP contribution in [0, 0.1) is 6.92 Å². The highest BCUT2D eigenvalue weighted by molar-refractivity contribution is 6.20. The molecule has 3 rings (SSSR count). The molecule has 0 saturated heterocycles. The minimum Gasteiger partial charge on any atom is -0.478 e. The van der Waals surface area contributed by atoms with E-state index in [-0.39, 0.29) is 5.57 Å². The van der Waals surface area contributed by atoms with E-state index >= 15 is 0 Å². The SMILES string of the molecule is Cc1ccccc1Oc1ccc(/C=C(/C(=O)O)c2ccccc2)cc1. The summed E-state index contributed by atoms with van der Waals surface area (Å²) in [6.45, 7) is 1.99. The van der Waals surface area contributed by atoms with Gasteiger partial charge in [0, 0.05) is 0 Å². The molecule has 0 saturated carbocycles. The van der Waals surface area contributed by atoms with E-state index in [2.05, 4.69) is 0 Å². The zero-order valence-electron chi connectivity index (χ0n) is 13.8. The monoisotopic (exact) mass is 330 g/mol. The number of carboxylic acids is 1. The van der Waals surface area contributed by atoms with Crippen molar-refractivity contribution in [2.45, 2.75) is 6.92 Å². The molecule has 0 spiro atoms. The molecule has 1 N–H and O–H groups in total. The van der Waals surface area contributed by atoms with Gasteiger partial charge in [0.2, 0.25) is 0 Å². The van der Waals surface area contributed by atoms with Gasteiger partial charge < -0.3 is 9.84 Å². The molecule has 0 radical (unpaired) electrons. The molecular formula is C22H18O3. The van der Waals surface area contributed by atoms with Crippen LogP contribution in [0.4, 0.5) is 0 Å². The lowest BCUT2D eigenvalue weighted by Gasteiger charge is -2.08. The molecule has 0 unspecified atom stereocenters. The highest BCUT2D eigenvalue weighted by Crippen LogP contribution is 2.26. The van der Waals surface area contributed by atoms with Gasteiger partial charge in [0.25, 0.3) is 0 Å². The summed E-state index contributed by atoms with van der Waals surface area (Å²) in [6, 6.07) is 24.3. The van der Waals surface area contributed by atoms with Crippen LogP contribution >= 0.6 is 0 Å². The molecular weight excluding hydrogens is 312 g/mol. The van der Waals surface area contributed by atoms with Crippen molar-refractivity contribution in [3.05, 3.63) is 95.6 Å². The fraction of sp³-hybridized carbons (Fsp3) is 0.0455. The molecule has 0 heterocycles. The van der Waals surface area contributed by atoms with Crippen molar-refractivity contribution in [2.75, 3.05) is 0 Å². The van der Waals surface area contributed by atoms with E-state index < -0.39 is 5.97 Å². The van der Waals surface area contributed by atoms with E-state index in [1.54, 1.807) is 18.2 Å². The molecule has 25 heavy (non-hydrogen) atoms. The van der Waals surface area contributed by atoms with Gasteiger partial charge in [0.05, 0.1) is 5.57 Å². The van der Waals surface area contributed by atoms with E-state index in [9.17, 15) is 9.90 Å². The van der Waals surface area contributed by atoms with Gasteiger partial charge in [-0.05, 0) is 47.9 Å². The van der Waals surface area contributed by atoms with Gasteiger partial charge in [-0.1, -0.05) is 60.7 Å². The van der Waals surface area contributed by atoms with Crippen LogP contribution in [0.1, 0.15) is 16.7 Å². The molecule has 0 bridgehead atoms. The maximum atomic E-state index is 11.6. The molecule has 0 aromatic heterocycles. The Hall–Kier alpha value is -3.33. The standard InChI is InChI=1S/C22H18O3/c1-16-7-5-6-10-21(16)25-19-13-11-17(12-14-19)15-20(22(23)24)18-8-3-2-4-9-18/h2-15H,1H3,(H,23,24)/b20-15+. The number of aryl methyl sites for hydroxylation is 1. The zero-order chi connectivity index (χ0) is 17.6. The van der Waals surface area contributed by atoms with Gasteiger partial charge in [-0.3, -0.25) is 0 Å². The normalized spacial score (nSPS) is 11.2. The summed E-state index contributed by atoms with van der Waals surface area (Å²) >= 11 is 0. The minimum absolute atomic E-state index is 0.258. The second-order valence-electron chi connectivity index (χ2n) is 5.67. The summed E-state index contributed by atoms with van der Waals surface area (Å²) in [6.07, 6.45) is 1.66. The first-order valence-electron chi connectivity index (χ1n) is 7.97. The summed E-state index contributed by atoms with van der Waals surface area (Å²) in [5, 5.41) is 9.47. The smallest absolute Gasteiger partial charge is 0.336 e. The fourth-order valence-corrected chi connectivity index (χ4v) is 2.48. The lowest BCUT2D eigenvalue weighted by Crippen LogP contribution is -1.99. The number of ether oxygens (including phenoxy) is 1. The summed E-state index contributed by atoms with van der Waals surface area (Å²) in [5.41, 5.74) is 2.80. The lowest BCUT2D eigenvalue weighted by molar-refractivity contribution is -0.130. The number of benzene rings is 3. The Morgan fingerprint density at radius 2 is 1.52 bits per heavy atom. The van der Waals surface area contributed by atoms with E-state index in [1.165, 1.54) is 0 Å². The van der Waals surface area contributed by atoms with Crippen molar-refractivity contribution < 1.29 is 14.6 Å². The minimum atomic E-state index is -0.952. The first-order chi connectivity index (χ1) is 12.1. The number of carboxylic acid groups (broad SMARTS) is 1. The van der Waals surface area contributed by atoms with E-state index in [4.69, 9.17) is 4.74 Å². The topological polar surface area (TPSA) is 46.5 Å². The van der Waals surface area contributed by atoms with Crippen LogP contribution in [0.15, 0.2) is 78.9 Å². The van der Waals surface area contributed by atoms with Crippen molar-refractivity contribution in [1.82, 2.24) is 0 Å². The Bertz CT molecular complexity index is 894. The molecule has 0 aliphatic rings. The summed E-state index contributed by atoms with van der Waals surface area (Å²) in [4.78, 5) is 11.6. The number of carbonyl (C=O) groups is 1. The van der Waals surface area contributed by atoms with E-state index in [1.807, 2.05) is 73.7 Å². The quantitative estimate of drug-likeness (QED) is 0.502. The van der Waals surface area contributed by atoms with Crippen molar-refractivity contribution in [3.8, 4) is 11.5 Å². The molecule has 0 atom stereocenters. The fourth-order valence-electron chi connectivity index (χ4n) is 2.48. The Kier molecular flexibility index (Phi) is 4.95. The number of hydrogen-bond acceptors (Lipinski definition) is 2. The van der Waals surface area contributed by atoms with Gasteiger partial charge in [0.15, 0.2) is 0 Å². The van der Waals surface area contributed by atoms with Crippen molar-refractivity contribution in [2.24, 2.45) is 0 Å². The Balaban J connectivity index is 1.84. The average Bonchev–Trinajstić information content (AvgIpc) is 2.63. The molecule has 124 valence electrons. The number of hydrogen-bond donors (Lipinski definition) is 1. The molecule has 3 aromatic carbocycles. The third kappa shape index (κ3) is 4.15. The predicted octanol–water partition coefficient (Wildman–Crippen LogP) is 5.41. The predicted molar refractivity (Wildman–Crippen MR) is 99.6 cm³/mol. The van der Waals surface area contributed by atoms with Crippen LogP contribution in [0.3, 0.4) is 0 Å². The molecule has 3 heteroatoms. The summed E-state index contributed by atoms with van der Waals surface area (Å²) in [7, 11) is 0. The van der Waals surface area contributed by atoms with Crippen LogP contribution < -0.4 is 4.74 Å². The largest absolute Gasteiger partial charge is 0.478 e. The van der Waals surface area contributed by atoms with Gasteiger partial charge in [-0.2, -0.15) is 0 Å². The van der Waals surface area contributed by atoms with E-state index in [0.717, 1.165) is 16.9 Å². The maximum absolute atomic E-state index is 11.6. The second-order valence-corrected chi connectivity index (χ2v) is 5.67. The van der Waals surface area contributed by atoms with Crippen LogP contribution in [0.5, 0.6) is 11.5 Å². The number of aliphatic carboxylic acids is 1. The van der Waals surface area contributed by atoms with Crippen LogP contribution in [0.25, 0.3) is 11.6 Å². The van der Waals surface area contributed by atoms with Gasteiger partial charge in [-0.25, -0.2) is 4.79 Å². The van der Waals surface area contributed by atoms with Crippen molar-refractivity contribution in [1.29, 1.82) is 0 Å². The molecule has 0 aliphatic carbocycles. The molecule has 0 fully saturated rings. The number of rotatable bonds is 5. The first-order valence-corrected chi connectivity index (χ1v) is 7.97. The second kappa shape index (κ2) is 7.49. The zero-order valence-corrected chi connectivity index (χ0v) is 13.8. The summed E-state index contributed by atoms with van der Waals surface area (Å²) < 4.78 is 5.86. The van der Waals surface area contributed by atoms with Crippen LogP contribution in [0.2, 0.25) is 0 Å². The van der Waals surface area contributed by atoms with Crippen LogP contribution in [-0.4, -0.2) is 11.1 Å². The van der Waals surface area contributed by atoms with Crippen LogP contribution in [-0.2, 0) is 4.79 Å².